The van der Waals surface area contributed by atoms with Crippen molar-refractivity contribution in [1.29, 1.82) is 0 Å². The molecule has 2 rings (SSSR count). The Bertz CT molecular complexity index is 327. The number of para-hydroxylation sites is 1. The van der Waals surface area contributed by atoms with Crippen molar-refractivity contribution in [1.82, 2.24) is 5.32 Å². The lowest BCUT2D eigenvalue weighted by molar-refractivity contribution is 0.637. The quantitative estimate of drug-likeness (QED) is 0.848. The lowest BCUT2D eigenvalue weighted by Crippen LogP contribution is -2.21. The molecule has 0 bridgehead atoms. The molecule has 4 heteroatoms. The lowest BCUT2D eigenvalue weighted by Gasteiger charge is -2.19. The Morgan fingerprint density at radius 3 is 2.62 bits per heavy atom. The number of anilines is 1. The summed E-state index contributed by atoms with van der Waals surface area (Å²) in [5, 5.41) is 8.24. The van der Waals surface area contributed by atoms with Gasteiger partial charge in [-0.2, -0.15) is 0 Å². The highest BCUT2D eigenvalue weighted by molar-refractivity contribution is 6.39. The standard InChI is InChI=1S/C12H16Cl2N2/c13-10-4-1-5-11(14)12(10)16-9-3-2-7-15-8-6-9/h1,4-5,9,15-16H,2-3,6-8H2. The second-order valence-electron chi connectivity index (χ2n) is 4.12. The van der Waals surface area contributed by atoms with Crippen LogP contribution in [0.25, 0.3) is 0 Å². The van der Waals surface area contributed by atoms with Gasteiger partial charge in [-0.15, -0.1) is 0 Å². The number of hydrogen-bond acceptors (Lipinski definition) is 2. The topological polar surface area (TPSA) is 24.1 Å². The maximum Gasteiger partial charge on any atom is 0.0721 e. The number of nitrogens with one attached hydrogen (secondary N) is 2. The predicted octanol–water partition coefficient (Wildman–Crippen LogP) is 3.55. The van der Waals surface area contributed by atoms with Crippen LogP contribution in [0, 0.1) is 0 Å². The number of rotatable bonds is 2. The molecule has 1 unspecified atom stereocenters. The van der Waals surface area contributed by atoms with Crippen LogP contribution in [0.2, 0.25) is 10.0 Å². The van der Waals surface area contributed by atoms with Crippen molar-refractivity contribution in [3.05, 3.63) is 28.2 Å². The fourth-order valence-corrected chi connectivity index (χ4v) is 2.51. The molecule has 0 aliphatic carbocycles. The highest BCUT2D eigenvalue weighted by Crippen LogP contribution is 2.31. The number of benzene rings is 1. The van der Waals surface area contributed by atoms with Gasteiger partial charge in [0.05, 0.1) is 15.7 Å². The highest BCUT2D eigenvalue weighted by atomic mass is 35.5. The van der Waals surface area contributed by atoms with E-state index in [0.29, 0.717) is 16.1 Å². The minimum absolute atomic E-state index is 0.465. The van der Waals surface area contributed by atoms with Gasteiger partial charge in [-0.05, 0) is 44.5 Å². The van der Waals surface area contributed by atoms with E-state index in [2.05, 4.69) is 10.6 Å². The highest BCUT2D eigenvalue weighted by Gasteiger charge is 2.14. The van der Waals surface area contributed by atoms with Gasteiger partial charge < -0.3 is 10.6 Å². The Morgan fingerprint density at radius 1 is 1.12 bits per heavy atom. The summed E-state index contributed by atoms with van der Waals surface area (Å²) in [6.45, 7) is 2.16. The normalized spacial score (nSPS) is 21.5. The molecule has 1 aromatic rings. The number of halogens is 2. The van der Waals surface area contributed by atoms with Gasteiger partial charge in [0.25, 0.3) is 0 Å². The maximum absolute atomic E-state index is 6.13. The third-order valence-corrected chi connectivity index (χ3v) is 3.52. The molecule has 1 atom stereocenters. The Balaban J connectivity index is 2.07. The third-order valence-electron chi connectivity index (χ3n) is 2.89. The summed E-state index contributed by atoms with van der Waals surface area (Å²) in [5.41, 5.74) is 0.873. The molecule has 1 aromatic carbocycles. The molecule has 0 radical (unpaired) electrons. The van der Waals surface area contributed by atoms with E-state index in [4.69, 9.17) is 23.2 Å². The van der Waals surface area contributed by atoms with Gasteiger partial charge in [0.15, 0.2) is 0 Å². The molecule has 0 amide bonds. The Hall–Kier alpha value is -0.440. The smallest absolute Gasteiger partial charge is 0.0721 e. The molecule has 0 spiro atoms. The van der Waals surface area contributed by atoms with Crippen LogP contribution in [0.1, 0.15) is 19.3 Å². The van der Waals surface area contributed by atoms with E-state index in [-0.39, 0.29) is 0 Å². The first-order chi connectivity index (χ1) is 7.77. The van der Waals surface area contributed by atoms with Gasteiger partial charge in [0.1, 0.15) is 0 Å². The summed E-state index contributed by atoms with van der Waals surface area (Å²) in [6, 6.07) is 6.06. The molecule has 2 nitrogen and oxygen atoms in total. The molecule has 1 aliphatic heterocycles. The van der Waals surface area contributed by atoms with Gasteiger partial charge >= 0.3 is 0 Å². The Labute approximate surface area is 106 Å². The summed E-state index contributed by atoms with van der Waals surface area (Å²) in [4.78, 5) is 0. The molecule has 16 heavy (non-hydrogen) atoms. The van der Waals surface area contributed by atoms with Crippen LogP contribution < -0.4 is 10.6 Å². The fourth-order valence-electron chi connectivity index (χ4n) is 2.00. The van der Waals surface area contributed by atoms with Crippen LogP contribution in [0.5, 0.6) is 0 Å². The third kappa shape index (κ3) is 3.03. The van der Waals surface area contributed by atoms with Crippen molar-refractivity contribution < 1.29 is 0 Å². The van der Waals surface area contributed by atoms with E-state index in [1.807, 2.05) is 18.2 Å². The van der Waals surface area contributed by atoms with E-state index < -0.39 is 0 Å². The number of hydrogen-bond donors (Lipinski definition) is 2. The van der Waals surface area contributed by atoms with Crippen LogP contribution >= 0.6 is 23.2 Å². The zero-order valence-corrected chi connectivity index (χ0v) is 10.6. The zero-order valence-electron chi connectivity index (χ0n) is 9.10. The summed E-state index contributed by atoms with van der Waals surface area (Å²) in [7, 11) is 0. The molecular weight excluding hydrogens is 243 g/mol. The molecule has 88 valence electrons. The first kappa shape index (κ1) is 12.0. The van der Waals surface area contributed by atoms with Crippen molar-refractivity contribution in [3.8, 4) is 0 Å². The second-order valence-corrected chi connectivity index (χ2v) is 4.93. The molecule has 0 saturated carbocycles. The fraction of sp³-hybridized carbons (Fsp3) is 0.500. The van der Waals surface area contributed by atoms with E-state index >= 15 is 0 Å². The largest absolute Gasteiger partial charge is 0.380 e. The Kier molecular flexibility index (Phi) is 4.33. The van der Waals surface area contributed by atoms with E-state index in [1.54, 1.807) is 0 Å². The molecule has 1 saturated heterocycles. The van der Waals surface area contributed by atoms with Crippen LogP contribution in [-0.4, -0.2) is 19.1 Å². The van der Waals surface area contributed by atoms with Crippen molar-refractivity contribution in [2.45, 2.75) is 25.3 Å². The minimum Gasteiger partial charge on any atom is -0.380 e. The van der Waals surface area contributed by atoms with Crippen molar-refractivity contribution in [2.24, 2.45) is 0 Å². The summed E-state index contributed by atoms with van der Waals surface area (Å²) >= 11 is 12.3. The minimum atomic E-state index is 0.465. The molecule has 1 aliphatic rings. The average Bonchev–Trinajstić information content (AvgIpc) is 2.52. The predicted molar refractivity (Wildman–Crippen MR) is 70.6 cm³/mol. The van der Waals surface area contributed by atoms with Crippen molar-refractivity contribution in [2.75, 3.05) is 18.4 Å². The molecule has 2 N–H and O–H groups in total. The molecular formula is C12H16Cl2N2. The summed E-state index contributed by atoms with van der Waals surface area (Å²) in [5.74, 6) is 0. The van der Waals surface area contributed by atoms with Gasteiger partial charge in [-0.25, -0.2) is 0 Å². The summed E-state index contributed by atoms with van der Waals surface area (Å²) < 4.78 is 0. The molecule has 1 heterocycles. The van der Waals surface area contributed by atoms with E-state index in [9.17, 15) is 0 Å². The zero-order chi connectivity index (χ0) is 11.4. The van der Waals surface area contributed by atoms with Crippen LogP contribution in [0.15, 0.2) is 18.2 Å². The monoisotopic (exact) mass is 258 g/mol. The van der Waals surface area contributed by atoms with Crippen LogP contribution in [0.4, 0.5) is 5.69 Å². The van der Waals surface area contributed by atoms with E-state index in [1.165, 1.54) is 6.42 Å². The van der Waals surface area contributed by atoms with Gasteiger partial charge in [0, 0.05) is 6.04 Å². The maximum atomic E-state index is 6.13. The first-order valence-corrected chi connectivity index (χ1v) is 6.44. The van der Waals surface area contributed by atoms with Gasteiger partial charge in [-0.3, -0.25) is 0 Å². The molecule has 0 aromatic heterocycles. The van der Waals surface area contributed by atoms with Crippen LogP contribution in [-0.2, 0) is 0 Å². The second kappa shape index (κ2) is 5.76. The Morgan fingerprint density at radius 2 is 1.88 bits per heavy atom. The summed E-state index contributed by atoms with van der Waals surface area (Å²) in [6.07, 6.45) is 3.47. The average molecular weight is 259 g/mol. The first-order valence-electron chi connectivity index (χ1n) is 5.68. The van der Waals surface area contributed by atoms with Crippen molar-refractivity contribution in [3.63, 3.8) is 0 Å². The van der Waals surface area contributed by atoms with Crippen LogP contribution in [0.3, 0.4) is 0 Å². The van der Waals surface area contributed by atoms with E-state index in [0.717, 1.165) is 31.6 Å². The van der Waals surface area contributed by atoms with Crippen molar-refractivity contribution >= 4 is 28.9 Å². The lowest BCUT2D eigenvalue weighted by atomic mass is 10.1. The molecule has 1 fully saturated rings. The SMILES string of the molecule is Clc1cccc(Cl)c1NC1CCCNCC1. The van der Waals surface area contributed by atoms with Gasteiger partial charge in [0.2, 0.25) is 0 Å². The van der Waals surface area contributed by atoms with Gasteiger partial charge in [-0.1, -0.05) is 29.3 Å².